The number of nitrogens with zero attached hydrogens (tertiary/aromatic N) is 1. The van der Waals surface area contributed by atoms with Crippen LogP contribution in [0.2, 0.25) is 0 Å². The second kappa shape index (κ2) is 7.81. The lowest BCUT2D eigenvalue weighted by Gasteiger charge is -2.54. The van der Waals surface area contributed by atoms with E-state index in [4.69, 9.17) is 9.47 Å². The van der Waals surface area contributed by atoms with E-state index in [1.165, 1.54) is 0 Å². The fourth-order valence-corrected chi connectivity index (χ4v) is 3.76. The highest BCUT2D eigenvalue weighted by Crippen LogP contribution is 2.52. The van der Waals surface area contributed by atoms with Crippen LogP contribution in [0.15, 0.2) is 4.99 Å². The molecule has 1 heterocycles. The van der Waals surface area contributed by atoms with E-state index >= 15 is 0 Å². The van der Waals surface area contributed by atoms with Crippen LogP contribution in [0.3, 0.4) is 0 Å². The Labute approximate surface area is 151 Å². The molecule has 3 unspecified atom stereocenters. The first-order valence-electron chi connectivity index (χ1n) is 9.21. The molecule has 2 rings (SSSR count). The fraction of sp³-hybridized carbons (Fsp3) is 0.889. The van der Waals surface area contributed by atoms with Gasteiger partial charge in [-0.25, -0.2) is 4.79 Å². The number of amides is 1. The number of rotatable bonds is 5. The largest absolute Gasteiger partial charge is 0.444 e. The molecule has 1 saturated heterocycles. The van der Waals surface area contributed by atoms with E-state index in [2.05, 4.69) is 34.8 Å². The average Bonchev–Trinajstić information content (AvgIpc) is 2.95. The minimum Gasteiger partial charge on any atom is -0.444 e. The van der Waals surface area contributed by atoms with Crippen molar-refractivity contribution in [3.05, 3.63) is 0 Å². The van der Waals surface area contributed by atoms with Crippen LogP contribution in [0, 0.1) is 11.3 Å². The molecule has 25 heavy (non-hydrogen) atoms. The summed E-state index contributed by atoms with van der Waals surface area (Å²) in [5.41, 5.74) is -0.345. The van der Waals surface area contributed by atoms with E-state index < -0.39 is 5.60 Å². The molecule has 2 fully saturated rings. The minimum absolute atomic E-state index is 0.122. The molecule has 2 aliphatic rings. The Kier molecular flexibility index (Phi) is 6.19. The Balaban J connectivity index is 1.65. The van der Waals surface area contributed by atoms with E-state index in [1.807, 2.05) is 20.8 Å². The highest BCUT2D eigenvalue weighted by Gasteiger charge is 2.59. The van der Waals surface area contributed by atoms with Gasteiger partial charge >= 0.3 is 6.09 Å². The van der Waals surface area contributed by atoms with Crippen molar-refractivity contribution in [3.8, 4) is 0 Å². The van der Waals surface area contributed by atoms with E-state index in [1.54, 1.807) is 7.05 Å². The second-order valence-corrected chi connectivity index (χ2v) is 8.47. The molecule has 0 aromatic rings. The van der Waals surface area contributed by atoms with Crippen LogP contribution in [0.25, 0.3) is 0 Å². The first-order chi connectivity index (χ1) is 11.6. The van der Waals surface area contributed by atoms with Crippen molar-refractivity contribution in [1.82, 2.24) is 16.0 Å². The summed E-state index contributed by atoms with van der Waals surface area (Å²) in [4.78, 5) is 15.9. The Bertz CT molecular complexity index is 499. The van der Waals surface area contributed by atoms with Gasteiger partial charge in [-0.3, -0.25) is 4.99 Å². The molecule has 7 nitrogen and oxygen atoms in total. The lowest BCUT2D eigenvalue weighted by atomic mass is 9.57. The minimum atomic E-state index is -0.467. The fourth-order valence-electron chi connectivity index (χ4n) is 3.76. The van der Waals surface area contributed by atoms with Gasteiger partial charge in [-0.2, -0.15) is 0 Å². The van der Waals surface area contributed by atoms with Crippen LogP contribution in [0.1, 0.15) is 47.5 Å². The van der Waals surface area contributed by atoms with Crippen molar-refractivity contribution < 1.29 is 14.3 Å². The van der Waals surface area contributed by atoms with Crippen LogP contribution in [0.4, 0.5) is 4.79 Å². The summed E-state index contributed by atoms with van der Waals surface area (Å²) >= 11 is 0. The summed E-state index contributed by atoms with van der Waals surface area (Å²) in [6.45, 7) is 12.2. The quantitative estimate of drug-likeness (QED) is 0.399. The van der Waals surface area contributed by atoms with Gasteiger partial charge in [-0.1, -0.05) is 13.8 Å². The number of carbonyl (C=O) groups excluding carboxylic acids is 1. The van der Waals surface area contributed by atoms with Crippen LogP contribution in [-0.4, -0.2) is 56.5 Å². The SMILES string of the molecule is CN=C(NCCCNC(=O)OC(C)(C)C)NC1C2CCOC2C1(C)C. The van der Waals surface area contributed by atoms with E-state index in [0.717, 1.165) is 32.0 Å². The number of guanidine groups is 1. The summed E-state index contributed by atoms with van der Waals surface area (Å²) in [5.74, 6) is 1.38. The van der Waals surface area contributed by atoms with Gasteiger partial charge in [-0.05, 0) is 33.6 Å². The van der Waals surface area contributed by atoms with Crippen molar-refractivity contribution in [2.45, 2.75) is 65.2 Å². The average molecular weight is 354 g/mol. The monoisotopic (exact) mass is 354 g/mol. The summed E-state index contributed by atoms with van der Waals surface area (Å²) in [5, 5.41) is 9.62. The Morgan fingerprint density at radius 3 is 2.60 bits per heavy atom. The number of ether oxygens (including phenoxy) is 2. The van der Waals surface area contributed by atoms with Crippen LogP contribution in [-0.2, 0) is 9.47 Å². The number of hydrogen-bond donors (Lipinski definition) is 3. The number of nitrogens with one attached hydrogen (secondary N) is 3. The highest BCUT2D eigenvalue weighted by molar-refractivity contribution is 5.80. The first-order valence-corrected chi connectivity index (χ1v) is 9.21. The summed E-state index contributed by atoms with van der Waals surface area (Å²) in [7, 11) is 1.78. The van der Waals surface area contributed by atoms with E-state index in [0.29, 0.717) is 24.6 Å². The summed E-state index contributed by atoms with van der Waals surface area (Å²) in [6, 6.07) is 0.381. The zero-order chi connectivity index (χ0) is 18.7. The molecule has 144 valence electrons. The van der Waals surface area contributed by atoms with Gasteiger partial charge in [0, 0.05) is 44.1 Å². The summed E-state index contributed by atoms with van der Waals surface area (Å²) < 4.78 is 11.0. The van der Waals surface area contributed by atoms with Crippen LogP contribution < -0.4 is 16.0 Å². The van der Waals surface area contributed by atoms with Crippen LogP contribution in [0.5, 0.6) is 0 Å². The molecule has 1 aliphatic carbocycles. The molecule has 0 radical (unpaired) electrons. The standard InChI is InChI=1S/C18H34N4O3/c1-17(2,3)25-16(23)21-10-7-9-20-15(19-6)22-13-12-8-11-24-14(12)18(13,4)5/h12-14H,7-11H2,1-6H3,(H,21,23)(H2,19,20,22). The lowest BCUT2D eigenvalue weighted by Crippen LogP contribution is -2.68. The second-order valence-electron chi connectivity index (χ2n) is 8.47. The number of fused-ring (bicyclic) bond motifs is 1. The maximum atomic E-state index is 11.6. The van der Waals surface area contributed by atoms with Gasteiger partial charge in [0.1, 0.15) is 5.60 Å². The number of alkyl carbamates (subject to hydrolysis) is 1. The molecular formula is C18H34N4O3. The highest BCUT2D eigenvalue weighted by atomic mass is 16.6. The third-order valence-electron chi connectivity index (χ3n) is 4.93. The van der Waals surface area contributed by atoms with E-state index in [9.17, 15) is 4.79 Å². The number of aliphatic imine (C=N–C) groups is 1. The predicted molar refractivity (Wildman–Crippen MR) is 98.8 cm³/mol. The first kappa shape index (κ1) is 19.8. The smallest absolute Gasteiger partial charge is 0.407 e. The molecule has 3 N–H and O–H groups in total. The van der Waals surface area contributed by atoms with Crippen molar-refractivity contribution in [1.29, 1.82) is 0 Å². The zero-order valence-electron chi connectivity index (χ0n) is 16.4. The molecule has 0 spiro atoms. The molecule has 1 saturated carbocycles. The van der Waals surface area contributed by atoms with Gasteiger partial charge in [0.25, 0.3) is 0 Å². The molecule has 3 atom stereocenters. The van der Waals surface area contributed by atoms with Crippen molar-refractivity contribution in [2.75, 3.05) is 26.7 Å². The number of hydrogen-bond acceptors (Lipinski definition) is 4. The third kappa shape index (κ3) is 5.00. The van der Waals surface area contributed by atoms with Crippen molar-refractivity contribution in [3.63, 3.8) is 0 Å². The van der Waals surface area contributed by atoms with E-state index in [-0.39, 0.29) is 11.5 Å². The zero-order valence-corrected chi connectivity index (χ0v) is 16.4. The Morgan fingerprint density at radius 2 is 1.96 bits per heavy atom. The predicted octanol–water partition coefficient (Wildman–Crippen LogP) is 1.88. The van der Waals surface area contributed by atoms with Gasteiger partial charge < -0.3 is 25.4 Å². The maximum Gasteiger partial charge on any atom is 0.407 e. The van der Waals surface area contributed by atoms with Gasteiger partial charge in [0.2, 0.25) is 0 Å². The van der Waals surface area contributed by atoms with Crippen molar-refractivity contribution in [2.24, 2.45) is 16.3 Å². The molecule has 7 heteroatoms. The maximum absolute atomic E-state index is 11.6. The van der Waals surface area contributed by atoms with Gasteiger partial charge in [0.05, 0.1) is 6.10 Å². The number of carbonyl (C=O) groups is 1. The molecule has 1 aliphatic heterocycles. The molecule has 1 amide bonds. The normalized spacial score (nSPS) is 27.9. The van der Waals surface area contributed by atoms with Crippen LogP contribution >= 0.6 is 0 Å². The molecule has 0 aromatic heterocycles. The Morgan fingerprint density at radius 1 is 1.28 bits per heavy atom. The summed E-state index contributed by atoms with van der Waals surface area (Å²) in [6.07, 6.45) is 1.89. The molecule has 0 aromatic carbocycles. The van der Waals surface area contributed by atoms with Gasteiger partial charge in [-0.15, -0.1) is 0 Å². The third-order valence-corrected chi connectivity index (χ3v) is 4.93. The molecular weight excluding hydrogens is 320 g/mol. The topological polar surface area (TPSA) is 84.0 Å². The van der Waals surface area contributed by atoms with Gasteiger partial charge in [0.15, 0.2) is 5.96 Å². The molecule has 0 bridgehead atoms. The lowest BCUT2D eigenvalue weighted by molar-refractivity contribution is -0.106. The Hall–Kier alpha value is -1.50. The van der Waals surface area contributed by atoms with Crippen molar-refractivity contribution >= 4 is 12.1 Å².